The van der Waals surface area contributed by atoms with Gasteiger partial charge in [-0.1, -0.05) is 30.3 Å². The number of carbonyl (C=O) groups is 2. The van der Waals surface area contributed by atoms with E-state index in [4.69, 9.17) is 14.3 Å². The largest absolute Gasteiger partial charge is 0.493 e. The molecule has 0 aliphatic carbocycles. The maximum absolute atomic E-state index is 13.3. The van der Waals surface area contributed by atoms with Crippen LogP contribution in [-0.2, 0) is 6.42 Å². The van der Waals surface area contributed by atoms with Gasteiger partial charge in [0.05, 0.1) is 12.2 Å². The van der Waals surface area contributed by atoms with Gasteiger partial charge in [-0.2, -0.15) is 0 Å². The molecule has 8 heteroatoms. The lowest BCUT2D eigenvalue weighted by Gasteiger charge is -2.32. The van der Waals surface area contributed by atoms with Gasteiger partial charge in [0.2, 0.25) is 5.78 Å². The molecule has 7 nitrogen and oxygen atoms in total. The zero-order valence-corrected chi connectivity index (χ0v) is 23.8. The quantitative estimate of drug-likeness (QED) is 0.183. The van der Waals surface area contributed by atoms with Crippen LogP contribution in [-0.4, -0.2) is 41.5 Å². The number of anilines is 1. The second-order valence-electron chi connectivity index (χ2n) is 11.0. The predicted octanol–water partition coefficient (Wildman–Crippen LogP) is 7.36. The summed E-state index contributed by atoms with van der Waals surface area (Å²) in [6.45, 7) is 4.11. The first-order valence-corrected chi connectivity index (χ1v) is 14.3. The van der Waals surface area contributed by atoms with E-state index in [1.165, 1.54) is 12.1 Å². The van der Waals surface area contributed by atoms with Gasteiger partial charge < -0.3 is 19.2 Å². The van der Waals surface area contributed by atoms with Crippen LogP contribution in [0.1, 0.15) is 44.9 Å². The van der Waals surface area contributed by atoms with Gasteiger partial charge >= 0.3 is 5.97 Å². The van der Waals surface area contributed by atoms with Crippen LogP contribution in [0, 0.1) is 18.7 Å². The number of halogens is 1. The number of aromatic carboxylic acids is 1. The first-order valence-electron chi connectivity index (χ1n) is 14.3. The number of nitrogens with zero attached hydrogens (tertiary/aromatic N) is 2. The summed E-state index contributed by atoms with van der Waals surface area (Å²) in [7, 11) is 0. The van der Waals surface area contributed by atoms with Gasteiger partial charge in [-0.15, -0.1) is 0 Å². The molecule has 0 unspecified atom stereocenters. The predicted molar refractivity (Wildman–Crippen MR) is 162 cm³/mol. The summed E-state index contributed by atoms with van der Waals surface area (Å²) >= 11 is 0. The summed E-state index contributed by atoms with van der Waals surface area (Å²) in [6.07, 6.45) is 3.81. The van der Waals surface area contributed by atoms with E-state index in [1.807, 2.05) is 37.3 Å². The number of pyridine rings is 1. The molecule has 5 aromatic rings. The number of aromatic nitrogens is 1. The van der Waals surface area contributed by atoms with Crippen molar-refractivity contribution in [2.24, 2.45) is 5.92 Å². The fourth-order valence-electron chi connectivity index (χ4n) is 5.54. The standard InChI is InChI=1S/C35H31FN2O5/c1-22-30-19-26(25-6-9-28(36)10-7-25)8-11-32(30)43-34(22)31(39)17-24-5-12-33(37-20-24)38-15-13-23(14-16-38)21-42-29-4-2-3-27(18-29)35(40)41/h2-12,18-20,23H,13-17,21H2,1H3,(H,40,41). The number of carboxylic acid groups (broad SMARTS) is 1. The van der Waals surface area contributed by atoms with Crippen molar-refractivity contribution in [1.29, 1.82) is 0 Å². The van der Waals surface area contributed by atoms with E-state index in [0.29, 0.717) is 29.6 Å². The van der Waals surface area contributed by atoms with Crippen LogP contribution in [0.15, 0.2) is 89.5 Å². The molecule has 1 N–H and O–H groups in total. The zero-order valence-electron chi connectivity index (χ0n) is 23.8. The number of carboxylic acids is 1. The lowest BCUT2D eigenvalue weighted by atomic mass is 9.97. The molecule has 0 spiro atoms. The van der Waals surface area contributed by atoms with Crippen molar-refractivity contribution in [2.75, 3.05) is 24.6 Å². The van der Waals surface area contributed by atoms with Crippen LogP contribution >= 0.6 is 0 Å². The Morgan fingerprint density at radius 2 is 1.77 bits per heavy atom. The first kappa shape index (κ1) is 28.2. The summed E-state index contributed by atoms with van der Waals surface area (Å²) in [5.74, 6) is 0.800. The van der Waals surface area contributed by atoms with E-state index in [2.05, 4.69) is 9.88 Å². The number of Topliss-reactive ketones (excluding diaryl/α,β-unsaturated/α-hetero) is 1. The molecule has 1 fully saturated rings. The number of carbonyl (C=O) groups excluding carboxylic acids is 1. The third-order valence-electron chi connectivity index (χ3n) is 8.05. The van der Waals surface area contributed by atoms with Crippen LogP contribution < -0.4 is 9.64 Å². The second kappa shape index (κ2) is 12.1. The van der Waals surface area contributed by atoms with E-state index in [0.717, 1.165) is 59.4 Å². The minimum Gasteiger partial charge on any atom is -0.493 e. The maximum Gasteiger partial charge on any atom is 0.335 e. The van der Waals surface area contributed by atoms with Crippen molar-refractivity contribution < 1.29 is 28.2 Å². The summed E-state index contributed by atoms with van der Waals surface area (Å²) in [6, 6.07) is 22.5. The highest BCUT2D eigenvalue weighted by Gasteiger charge is 2.22. The molecule has 6 rings (SSSR count). The molecule has 1 aliphatic heterocycles. The van der Waals surface area contributed by atoms with Crippen molar-refractivity contribution >= 4 is 28.5 Å². The molecule has 43 heavy (non-hydrogen) atoms. The summed E-state index contributed by atoms with van der Waals surface area (Å²) in [5.41, 5.74) is 4.28. The number of benzene rings is 3. The van der Waals surface area contributed by atoms with Crippen LogP contribution in [0.3, 0.4) is 0 Å². The van der Waals surface area contributed by atoms with E-state index >= 15 is 0 Å². The Labute approximate surface area is 248 Å². The number of hydrogen-bond donors (Lipinski definition) is 1. The lowest BCUT2D eigenvalue weighted by Crippen LogP contribution is -2.36. The number of ketones is 1. The van der Waals surface area contributed by atoms with Crippen molar-refractivity contribution in [3.8, 4) is 16.9 Å². The van der Waals surface area contributed by atoms with Crippen LogP contribution in [0.5, 0.6) is 5.75 Å². The maximum atomic E-state index is 13.3. The molecule has 1 saturated heterocycles. The summed E-state index contributed by atoms with van der Waals surface area (Å²) < 4.78 is 25.2. The van der Waals surface area contributed by atoms with Crippen molar-refractivity contribution in [1.82, 2.24) is 4.98 Å². The second-order valence-corrected chi connectivity index (χ2v) is 11.0. The fourth-order valence-corrected chi connectivity index (χ4v) is 5.54. The molecule has 218 valence electrons. The molecular weight excluding hydrogens is 547 g/mol. The first-order chi connectivity index (χ1) is 20.8. The van der Waals surface area contributed by atoms with Gasteiger partial charge in [-0.3, -0.25) is 4.79 Å². The number of ether oxygens (including phenoxy) is 1. The Hall–Kier alpha value is -4.98. The zero-order chi connectivity index (χ0) is 29.9. The molecule has 0 bridgehead atoms. The minimum absolute atomic E-state index is 0.110. The Morgan fingerprint density at radius 1 is 1.00 bits per heavy atom. The average molecular weight is 579 g/mol. The number of fused-ring (bicyclic) bond motifs is 1. The van der Waals surface area contributed by atoms with E-state index < -0.39 is 5.97 Å². The third kappa shape index (κ3) is 6.28. The number of furan rings is 1. The van der Waals surface area contributed by atoms with Crippen LogP contribution in [0.25, 0.3) is 22.1 Å². The Balaban J connectivity index is 1.04. The average Bonchev–Trinajstić information content (AvgIpc) is 3.37. The SMILES string of the molecule is Cc1c(C(=O)Cc2ccc(N3CCC(COc4cccc(C(=O)O)c4)CC3)nc2)oc2ccc(-c3ccc(F)cc3)cc12. The fraction of sp³-hybridized carbons (Fsp3) is 0.229. The van der Waals surface area contributed by atoms with Crippen molar-refractivity contribution in [3.63, 3.8) is 0 Å². The Bertz CT molecular complexity index is 1770. The van der Waals surface area contributed by atoms with Crippen molar-refractivity contribution in [3.05, 3.63) is 113 Å². The van der Waals surface area contributed by atoms with Crippen LogP contribution in [0.4, 0.5) is 10.2 Å². The highest BCUT2D eigenvalue weighted by molar-refractivity contribution is 6.02. The normalized spacial score (nSPS) is 13.8. The lowest BCUT2D eigenvalue weighted by molar-refractivity contribution is 0.0696. The number of piperidine rings is 1. The Morgan fingerprint density at radius 3 is 2.49 bits per heavy atom. The molecular formula is C35H31FN2O5. The van der Waals surface area contributed by atoms with Gasteiger partial charge in [0.15, 0.2) is 5.76 Å². The number of aryl methyl sites for hydroxylation is 1. The van der Waals surface area contributed by atoms with Crippen LogP contribution in [0.2, 0.25) is 0 Å². The number of rotatable bonds is 9. The molecule has 3 aromatic carbocycles. The van der Waals surface area contributed by atoms with E-state index in [1.54, 1.807) is 42.6 Å². The van der Waals surface area contributed by atoms with Gasteiger partial charge in [-0.05, 0) is 90.9 Å². The van der Waals surface area contributed by atoms with Gasteiger partial charge in [0.1, 0.15) is 23.0 Å². The molecule has 0 radical (unpaired) electrons. The van der Waals surface area contributed by atoms with E-state index in [9.17, 15) is 14.0 Å². The smallest absolute Gasteiger partial charge is 0.335 e. The molecule has 0 atom stereocenters. The van der Waals surface area contributed by atoms with Crippen molar-refractivity contribution in [2.45, 2.75) is 26.2 Å². The Kier molecular flexibility index (Phi) is 7.92. The molecule has 1 aliphatic rings. The molecule has 0 saturated carbocycles. The molecule has 0 amide bonds. The van der Waals surface area contributed by atoms with Gasteiger partial charge in [-0.25, -0.2) is 14.2 Å². The third-order valence-corrected chi connectivity index (χ3v) is 8.05. The molecule has 3 heterocycles. The number of hydrogen-bond acceptors (Lipinski definition) is 6. The van der Waals surface area contributed by atoms with Gasteiger partial charge in [0, 0.05) is 36.7 Å². The summed E-state index contributed by atoms with van der Waals surface area (Å²) in [5, 5.41) is 10.0. The van der Waals surface area contributed by atoms with E-state index in [-0.39, 0.29) is 23.6 Å². The topological polar surface area (TPSA) is 92.9 Å². The van der Waals surface area contributed by atoms with Gasteiger partial charge in [0.25, 0.3) is 0 Å². The summed E-state index contributed by atoms with van der Waals surface area (Å²) in [4.78, 5) is 31.3. The highest BCUT2D eigenvalue weighted by atomic mass is 19.1. The monoisotopic (exact) mass is 578 g/mol. The minimum atomic E-state index is -0.968. The molecule has 2 aromatic heterocycles. The highest BCUT2D eigenvalue weighted by Crippen LogP contribution is 2.31.